The lowest BCUT2D eigenvalue weighted by molar-refractivity contribution is 0.628. The molecule has 0 radical (unpaired) electrons. The third-order valence-corrected chi connectivity index (χ3v) is 3.23. The van der Waals surface area contributed by atoms with Crippen molar-refractivity contribution in [1.29, 1.82) is 0 Å². The van der Waals surface area contributed by atoms with E-state index in [1.165, 1.54) is 12.1 Å². The highest BCUT2D eigenvalue weighted by Crippen LogP contribution is 2.22. The molecule has 0 spiro atoms. The van der Waals surface area contributed by atoms with Gasteiger partial charge in [0.15, 0.2) is 0 Å². The zero-order valence-electron chi connectivity index (χ0n) is 12.1. The number of hydrogen-bond acceptors (Lipinski definition) is 4. The molecule has 4 nitrogen and oxygen atoms in total. The molecule has 0 amide bonds. The molecule has 0 atom stereocenters. The van der Waals surface area contributed by atoms with E-state index in [9.17, 15) is 4.39 Å². The van der Waals surface area contributed by atoms with Crippen molar-refractivity contribution in [3.8, 4) is 0 Å². The fourth-order valence-electron chi connectivity index (χ4n) is 2.04. The van der Waals surface area contributed by atoms with E-state index in [4.69, 9.17) is 0 Å². The first-order valence-electron chi connectivity index (χ1n) is 6.87. The highest BCUT2D eigenvalue weighted by Gasteiger charge is 2.06. The summed E-state index contributed by atoms with van der Waals surface area (Å²) in [6.07, 6.45) is 1.69. The number of halogens is 1. The Kier molecular flexibility index (Phi) is 3.96. The molecule has 22 heavy (non-hydrogen) atoms. The molecule has 0 saturated heterocycles. The van der Waals surface area contributed by atoms with Crippen LogP contribution in [0.5, 0.6) is 0 Å². The predicted molar refractivity (Wildman–Crippen MR) is 86.2 cm³/mol. The summed E-state index contributed by atoms with van der Waals surface area (Å²) < 4.78 is 12.9. The number of anilines is 4. The van der Waals surface area contributed by atoms with Crippen LogP contribution in [0.1, 0.15) is 0 Å². The topological polar surface area (TPSA) is 41.1 Å². The van der Waals surface area contributed by atoms with Crippen LogP contribution in [0.2, 0.25) is 0 Å². The zero-order chi connectivity index (χ0) is 15.4. The van der Waals surface area contributed by atoms with E-state index in [2.05, 4.69) is 15.3 Å². The Hall–Kier alpha value is -2.95. The summed E-state index contributed by atoms with van der Waals surface area (Å²) >= 11 is 0. The van der Waals surface area contributed by atoms with Gasteiger partial charge in [0.1, 0.15) is 11.6 Å². The first-order valence-corrected chi connectivity index (χ1v) is 6.87. The molecule has 2 aromatic carbocycles. The second-order valence-corrected chi connectivity index (χ2v) is 4.76. The average molecular weight is 294 g/mol. The fourth-order valence-corrected chi connectivity index (χ4v) is 2.04. The summed E-state index contributed by atoms with van der Waals surface area (Å²) in [7, 11) is 1.94. The molecule has 0 fully saturated rings. The van der Waals surface area contributed by atoms with Crippen LogP contribution in [0.15, 0.2) is 66.9 Å². The largest absolute Gasteiger partial charge is 0.329 e. The van der Waals surface area contributed by atoms with Crippen LogP contribution < -0.4 is 10.2 Å². The maximum absolute atomic E-state index is 12.9. The Labute approximate surface area is 128 Å². The molecule has 1 heterocycles. The van der Waals surface area contributed by atoms with Gasteiger partial charge in [-0.1, -0.05) is 18.2 Å². The van der Waals surface area contributed by atoms with Crippen LogP contribution in [-0.2, 0) is 0 Å². The van der Waals surface area contributed by atoms with E-state index in [1.54, 1.807) is 18.3 Å². The van der Waals surface area contributed by atoms with Crippen molar-refractivity contribution in [2.45, 2.75) is 0 Å². The van der Waals surface area contributed by atoms with Crippen molar-refractivity contribution < 1.29 is 4.39 Å². The molecule has 0 aliphatic carbocycles. The summed E-state index contributed by atoms with van der Waals surface area (Å²) in [6, 6.07) is 17.9. The number of nitrogens with zero attached hydrogens (tertiary/aromatic N) is 3. The highest BCUT2D eigenvalue weighted by atomic mass is 19.1. The Morgan fingerprint density at radius 1 is 0.955 bits per heavy atom. The number of hydrogen-bond donors (Lipinski definition) is 1. The summed E-state index contributed by atoms with van der Waals surface area (Å²) in [5, 5.41) is 3.06. The maximum atomic E-state index is 12.9. The van der Waals surface area contributed by atoms with Crippen LogP contribution in [0.25, 0.3) is 0 Å². The van der Waals surface area contributed by atoms with Crippen molar-refractivity contribution >= 4 is 23.1 Å². The second-order valence-electron chi connectivity index (χ2n) is 4.76. The Bertz CT molecular complexity index is 744. The number of benzene rings is 2. The molecule has 1 N–H and O–H groups in total. The van der Waals surface area contributed by atoms with E-state index >= 15 is 0 Å². The molecule has 3 rings (SSSR count). The molecule has 0 aliphatic rings. The van der Waals surface area contributed by atoms with Crippen molar-refractivity contribution in [2.24, 2.45) is 0 Å². The first-order chi connectivity index (χ1) is 10.7. The van der Waals surface area contributed by atoms with Gasteiger partial charge in [0.05, 0.1) is 0 Å². The first kappa shape index (κ1) is 14.0. The van der Waals surface area contributed by atoms with E-state index in [0.717, 1.165) is 17.2 Å². The summed E-state index contributed by atoms with van der Waals surface area (Å²) in [6.45, 7) is 0. The van der Waals surface area contributed by atoms with Gasteiger partial charge in [-0.2, -0.15) is 4.98 Å². The lowest BCUT2D eigenvalue weighted by Gasteiger charge is -2.18. The van der Waals surface area contributed by atoms with E-state index in [1.807, 2.05) is 48.3 Å². The zero-order valence-corrected chi connectivity index (χ0v) is 12.1. The Morgan fingerprint density at radius 3 is 2.41 bits per heavy atom. The third-order valence-electron chi connectivity index (χ3n) is 3.23. The quantitative estimate of drug-likeness (QED) is 0.785. The van der Waals surface area contributed by atoms with E-state index in [-0.39, 0.29) is 5.82 Å². The van der Waals surface area contributed by atoms with Crippen molar-refractivity contribution in [3.05, 3.63) is 72.7 Å². The molecule has 3 aromatic rings. The number of nitrogens with one attached hydrogen (secondary N) is 1. The van der Waals surface area contributed by atoms with Crippen molar-refractivity contribution in [3.63, 3.8) is 0 Å². The fraction of sp³-hybridized carbons (Fsp3) is 0.0588. The smallest absolute Gasteiger partial charge is 0.229 e. The van der Waals surface area contributed by atoms with Gasteiger partial charge in [0, 0.05) is 24.6 Å². The molecular formula is C17H15FN4. The maximum Gasteiger partial charge on any atom is 0.229 e. The number of rotatable bonds is 4. The van der Waals surface area contributed by atoms with Crippen molar-refractivity contribution in [2.75, 3.05) is 17.3 Å². The van der Waals surface area contributed by atoms with Gasteiger partial charge >= 0.3 is 0 Å². The number of para-hydroxylation sites is 1. The summed E-state index contributed by atoms with van der Waals surface area (Å²) in [4.78, 5) is 10.6. The Morgan fingerprint density at radius 2 is 1.68 bits per heavy atom. The standard InChI is InChI=1S/C17H15FN4/c1-22(15-5-3-2-4-6-15)16-11-12-19-17(21-16)20-14-9-7-13(18)8-10-14/h2-12H,1H3,(H,19,20,21). The minimum Gasteiger partial charge on any atom is -0.329 e. The minimum absolute atomic E-state index is 0.274. The SMILES string of the molecule is CN(c1ccccc1)c1ccnc(Nc2ccc(F)cc2)n1. The summed E-state index contributed by atoms with van der Waals surface area (Å²) in [5.74, 6) is 0.960. The van der Waals surface area contributed by atoms with E-state index in [0.29, 0.717) is 5.95 Å². The third kappa shape index (κ3) is 3.20. The van der Waals surface area contributed by atoms with Gasteiger partial charge in [-0.25, -0.2) is 9.37 Å². The van der Waals surface area contributed by atoms with Crippen LogP contribution in [0.4, 0.5) is 27.5 Å². The van der Waals surface area contributed by atoms with Gasteiger partial charge in [-0.05, 0) is 42.5 Å². The van der Waals surface area contributed by atoms with Gasteiger partial charge in [0.2, 0.25) is 5.95 Å². The molecule has 0 saturated carbocycles. The minimum atomic E-state index is -0.274. The molecular weight excluding hydrogens is 279 g/mol. The van der Waals surface area contributed by atoms with Crippen LogP contribution >= 0.6 is 0 Å². The van der Waals surface area contributed by atoms with E-state index < -0.39 is 0 Å². The molecule has 0 unspecified atom stereocenters. The predicted octanol–water partition coefficient (Wildman–Crippen LogP) is 4.13. The van der Waals surface area contributed by atoms with Crippen LogP contribution in [0.3, 0.4) is 0 Å². The molecule has 1 aromatic heterocycles. The molecule has 110 valence electrons. The molecule has 5 heteroatoms. The van der Waals surface area contributed by atoms with Crippen LogP contribution in [0, 0.1) is 5.82 Å². The molecule has 0 bridgehead atoms. The number of aromatic nitrogens is 2. The van der Waals surface area contributed by atoms with Gasteiger partial charge < -0.3 is 10.2 Å². The lowest BCUT2D eigenvalue weighted by Crippen LogP contribution is -2.12. The average Bonchev–Trinajstić information content (AvgIpc) is 2.57. The second kappa shape index (κ2) is 6.22. The van der Waals surface area contributed by atoms with Gasteiger partial charge in [0.25, 0.3) is 0 Å². The van der Waals surface area contributed by atoms with Gasteiger partial charge in [-0.3, -0.25) is 0 Å². The monoisotopic (exact) mass is 294 g/mol. The summed E-state index contributed by atoms with van der Waals surface area (Å²) in [5.41, 5.74) is 1.77. The Balaban J connectivity index is 1.82. The highest BCUT2D eigenvalue weighted by molar-refractivity contribution is 5.61. The van der Waals surface area contributed by atoms with Crippen molar-refractivity contribution in [1.82, 2.24) is 9.97 Å². The van der Waals surface area contributed by atoms with Crippen LogP contribution in [-0.4, -0.2) is 17.0 Å². The van der Waals surface area contributed by atoms with Gasteiger partial charge in [-0.15, -0.1) is 0 Å². The normalized spacial score (nSPS) is 10.3. The lowest BCUT2D eigenvalue weighted by atomic mass is 10.3. The molecule has 0 aliphatic heterocycles.